The number of nitrogens with zero attached hydrogens (tertiary/aromatic N) is 2. The molecule has 0 unspecified atom stereocenters. The molecule has 1 aliphatic carbocycles. The lowest BCUT2D eigenvalue weighted by Gasteiger charge is -2.20. The average Bonchev–Trinajstić information content (AvgIpc) is 2.91. The van der Waals surface area contributed by atoms with Crippen molar-refractivity contribution in [1.82, 2.24) is 4.31 Å². The van der Waals surface area contributed by atoms with Crippen LogP contribution in [0.3, 0.4) is 0 Å². The SMILES string of the molecule is CN(CC1CCCC1)S(=O)(=O)c1ccc(N)c([N+](=O)[O-])c1. The summed E-state index contributed by atoms with van der Waals surface area (Å²) in [6.45, 7) is 0.445. The fourth-order valence-electron chi connectivity index (χ4n) is 2.68. The molecule has 8 heteroatoms. The molecule has 0 spiro atoms. The Morgan fingerprint density at radius 3 is 2.57 bits per heavy atom. The van der Waals surface area contributed by atoms with Gasteiger partial charge in [0.15, 0.2) is 0 Å². The summed E-state index contributed by atoms with van der Waals surface area (Å²) in [4.78, 5) is 10.1. The highest BCUT2D eigenvalue weighted by molar-refractivity contribution is 7.89. The Hall–Kier alpha value is -1.67. The van der Waals surface area contributed by atoms with E-state index in [1.807, 2.05) is 0 Å². The van der Waals surface area contributed by atoms with E-state index >= 15 is 0 Å². The van der Waals surface area contributed by atoms with E-state index in [1.54, 1.807) is 0 Å². The molecule has 0 aromatic heterocycles. The maximum atomic E-state index is 12.5. The maximum absolute atomic E-state index is 12.5. The fourth-order valence-corrected chi connectivity index (χ4v) is 3.94. The second-order valence-corrected chi connectivity index (χ2v) is 7.46. The van der Waals surface area contributed by atoms with Gasteiger partial charge in [-0.15, -0.1) is 0 Å². The molecular formula is C13H19N3O4S. The number of hydrogen-bond acceptors (Lipinski definition) is 5. The number of anilines is 1. The van der Waals surface area contributed by atoms with Crippen LogP contribution in [-0.4, -0.2) is 31.2 Å². The summed E-state index contributed by atoms with van der Waals surface area (Å²) in [5, 5.41) is 10.9. The van der Waals surface area contributed by atoms with Gasteiger partial charge in [0.25, 0.3) is 5.69 Å². The zero-order valence-electron chi connectivity index (χ0n) is 11.9. The Morgan fingerprint density at radius 2 is 2.00 bits per heavy atom. The van der Waals surface area contributed by atoms with E-state index in [4.69, 9.17) is 5.73 Å². The minimum Gasteiger partial charge on any atom is -0.393 e. The van der Waals surface area contributed by atoms with Crippen molar-refractivity contribution in [3.63, 3.8) is 0 Å². The zero-order valence-corrected chi connectivity index (χ0v) is 12.7. The number of sulfonamides is 1. The third kappa shape index (κ3) is 3.33. The summed E-state index contributed by atoms with van der Waals surface area (Å²) < 4.78 is 26.2. The molecule has 0 bridgehead atoms. The minimum atomic E-state index is -3.73. The van der Waals surface area contributed by atoms with E-state index in [9.17, 15) is 18.5 Å². The summed E-state index contributed by atoms with van der Waals surface area (Å²) in [6.07, 6.45) is 4.32. The molecule has 1 saturated carbocycles. The molecule has 0 heterocycles. The van der Waals surface area contributed by atoms with Gasteiger partial charge in [-0.2, -0.15) is 0 Å². The van der Waals surface area contributed by atoms with Crippen molar-refractivity contribution in [2.24, 2.45) is 5.92 Å². The van der Waals surface area contributed by atoms with E-state index in [-0.39, 0.29) is 16.3 Å². The molecule has 1 fully saturated rings. The lowest BCUT2D eigenvalue weighted by atomic mass is 10.1. The van der Waals surface area contributed by atoms with Crippen molar-refractivity contribution >= 4 is 21.4 Å². The van der Waals surface area contributed by atoms with E-state index < -0.39 is 14.9 Å². The van der Waals surface area contributed by atoms with Gasteiger partial charge in [-0.3, -0.25) is 10.1 Å². The minimum absolute atomic E-state index is 0.0441. The third-order valence-electron chi connectivity index (χ3n) is 3.90. The number of hydrogen-bond donors (Lipinski definition) is 1. The van der Waals surface area contributed by atoms with Crippen LogP contribution in [0.15, 0.2) is 23.1 Å². The predicted molar refractivity (Wildman–Crippen MR) is 79.3 cm³/mol. The second-order valence-electron chi connectivity index (χ2n) is 5.41. The van der Waals surface area contributed by atoms with Crippen LogP contribution in [-0.2, 0) is 10.0 Å². The van der Waals surface area contributed by atoms with Crippen LogP contribution in [0.1, 0.15) is 25.7 Å². The van der Waals surface area contributed by atoms with Crippen molar-refractivity contribution in [2.75, 3.05) is 19.3 Å². The number of nitrogens with two attached hydrogens (primary N) is 1. The van der Waals surface area contributed by atoms with Crippen molar-refractivity contribution in [1.29, 1.82) is 0 Å². The number of rotatable bonds is 5. The van der Waals surface area contributed by atoms with E-state index in [1.165, 1.54) is 23.5 Å². The van der Waals surface area contributed by atoms with Gasteiger partial charge in [-0.05, 0) is 30.9 Å². The third-order valence-corrected chi connectivity index (χ3v) is 5.72. The fraction of sp³-hybridized carbons (Fsp3) is 0.538. The molecule has 116 valence electrons. The predicted octanol–water partition coefficient (Wildman–Crippen LogP) is 1.99. The molecule has 0 saturated heterocycles. The summed E-state index contributed by atoms with van der Waals surface area (Å²) in [5.41, 5.74) is 5.06. The highest BCUT2D eigenvalue weighted by Gasteiger charge is 2.27. The van der Waals surface area contributed by atoms with Gasteiger partial charge < -0.3 is 5.73 Å². The van der Waals surface area contributed by atoms with Crippen LogP contribution in [0.4, 0.5) is 11.4 Å². The Labute approximate surface area is 123 Å². The van der Waals surface area contributed by atoms with Crippen LogP contribution in [0.25, 0.3) is 0 Å². The first-order valence-electron chi connectivity index (χ1n) is 6.82. The number of nitrogen functional groups attached to an aromatic ring is 1. The molecule has 1 aliphatic rings. The highest BCUT2D eigenvalue weighted by Crippen LogP contribution is 2.29. The lowest BCUT2D eigenvalue weighted by Crippen LogP contribution is -2.31. The lowest BCUT2D eigenvalue weighted by molar-refractivity contribution is -0.384. The molecule has 7 nitrogen and oxygen atoms in total. The quantitative estimate of drug-likeness (QED) is 0.508. The molecule has 2 N–H and O–H groups in total. The highest BCUT2D eigenvalue weighted by atomic mass is 32.2. The van der Waals surface area contributed by atoms with Crippen molar-refractivity contribution in [3.8, 4) is 0 Å². The normalized spacial score (nSPS) is 16.5. The molecule has 2 rings (SSSR count). The number of nitro benzene ring substituents is 1. The molecular weight excluding hydrogens is 294 g/mol. The van der Waals surface area contributed by atoms with Crippen LogP contribution >= 0.6 is 0 Å². The molecule has 0 amide bonds. The molecule has 1 aromatic carbocycles. The first kappa shape index (κ1) is 15.7. The first-order valence-corrected chi connectivity index (χ1v) is 8.26. The number of benzene rings is 1. The van der Waals surface area contributed by atoms with Gasteiger partial charge in [0, 0.05) is 19.7 Å². The van der Waals surface area contributed by atoms with Gasteiger partial charge >= 0.3 is 0 Å². The van der Waals surface area contributed by atoms with Crippen LogP contribution in [0.5, 0.6) is 0 Å². The van der Waals surface area contributed by atoms with Crippen molar-refractivity contribution < 1.29 is 13.3 Å². The van der Waals surface area contributed by atoms with Gasteiger partial charge in [0.2, 0.25) is 10.0 Å². The monoisotopic (exact) mass is 313 g/mol. The smallest absolute Gasteiger partial charge is 0.293 e. The van der Waals surface area contributed by atoms with E-state index in [2.05, 4.69) is 0 Å². The second kappa shape index (κ2) is 5.98. The van der Waals surface area contributed by atoms with Crippen LogP contribution < -0.4 is 5.73 Å². The Kier molecular flexibility index (Phi) is 4.48. The Bertz CT molecular complexity index is 639. The molecule has 21 heavy (non-hydrogen) atoms. The van der Waals surface area contributed by atoms with Gasteiger partial charge in [0.05, 0.1) is 9.82 Å². The summed E-state index contributed by atoms with van der Waals surface area (Å²) in [7, 11) is -2.22. The molecule has 0 atom stereocenters. The standard InChI is InChI=1S/C13H19N3O4S/c1-15(9-10-4-2-3-5-10)21(19,20)11-6-7-12(14)13(8-11)16(17)18/h6-8,10H,2-5,9,14H2,1H3. The van der Waals surface area contributed by atoms with Gasteiger partial charge in [-0.25, -0.2) is 12.7 Å². The van der Waals surface area contributed by atoms with E-state index in [0.717, 1.165) is 31.7 Å². The maximum Gasteiger partial charge on any atom is 0.293 e. The van der Waals surface area contributed by atoms with Crippen LogP contribution in [0.2, 0.25) is 0 Å². The molecule has 0 aliphatic heterocycles. The van der Waals surface area contributed by atoms with E-state index in [0.29, 0.717) is 12.5 Å². The van der Waals surface area contributed by atoms with Gasteiger partial charge in [0.1, 0.15) is 5.69 Å². The topological polar surface area (TPSA) is 107 Å². The molecule has 1 aromatic rings. The molecule has 0 radical (unpaired) electrons. The zero-order chi connectivity index (χ0) is 15.6. The summed E-state index contributed by atoms with van der Waals surface area (Å²) >= 11 is 0. The Balaban J connectivity index is 2.26. The van der Waals surface area contributed by atoms with Crippen molar-refractivity contribution in [2.45, 2.75) is 30.6 Å². The summed E-state index contributed by atoms with van der Waals surface area (Å²) in [6, 6.07) is 3.59. The van der Waals surface area contributed by atoms with Crippen LogP contribution in [0, 0.1) is 16.0 Å². The average molecular weight is 313 g/mol. The van der Waals surface area contributed by atoms with Gasteiger partial charge in [-0.1, -0.05) is 12.8 Å². The Morgan fingerprint density at radius 1 is 1.38 bits per heavy atom. The largest absolute Gasteiger partial charge is 0.393 e. The van der Waals surface area contributed by atoms with Crippen molar-refractivity contribution in [3.05, 3.63) is 28.3 Å². The summed E-state index contributed by atoms with van der Waals surface area (Å²) in [5.74, 6) is 0.369. The number of nitro groups is 1. The first-order chi connectivity index (χ1) is 9.82.